The average Bonchev–Trinajstić information content (AvgIpc) is 2.30. The van der Waals surface area contributed by atoms with Gasteiger partial charge in [-0.3, -0.25) is 9.59 Å². The predicted molar refractivity (Wildman–Crippen MR) is 63.7 cm³/mol. The van der Waals surface area contributed by atoms with Crippen LogP contribution in [0.3, 0.4) is 0 Å². The number of esters is 1. The van der Waals surface area contributed by atoms with Gasteiger partial charge in [0.1, 0.15) is 5.60 Å². The average molecular weight is 276 g/mol. The van der Waals surface area contributed by atoms with Crippen LogP contribution in [-0.4, -0.2) is 23.5 Å². The van der Waals surface area contributed by atoms with Crippen molar-refractivity contribution >= 4 is 17.9 Å². The van der Waals surface area contributed by atoms with E-state index >= 15 is 0 Å². The normalized spacial score (nSPS) is 12.5. The maximum absolute atomic E-state index is 11.8. The molecule has 0 bridgehead atoms. The van der Waals surface area contributed by atoms with E-state index < -0.39 is 29.4 Å². The van der Waals surface area contributed by atoms with Gasteiger partial charge in [-0.2, -0.15) is 11.8 Å². The molecule has 1 atom stereocenters. The Morgan fingerprint density at radius 1 is 1.05 bits per heavy atom. The molecule has 0 aromatic carbocycles. The van der Waals surface area contributed by atoms with Gasteiger partial charge in [-0.05, 0) is 33.6 Å². The Morgan fingerprint density at radius 3 is 2.05 bits per heavy atom. The van der Waals surface area contributed by atoms with Crippen molar-refractivity contribution < 1.29 is 28.8 Å². The third-order valence-corrected chi connectivity index (χ3v) is 2.10. The van der Waals surface area contributed by atoms with E-state index in [1.165, 1.54) is 0 Å². The van der Waals surface area contributed by atoms with Crippen LogP contribution in [0.5, 0.6) is 0 Å². The molecule has 0 amide bonds. The summed E-state index contributed by atoms with van der Waals surface area (Å²) in [4.78, 5) is 42.0. The lowest BCUT2D eigenvalue weighted by molar-refractivity contribution is -0.170. The lowest BCUT2D eigenvalue weighted by Gasteiger charge is -2.22. The zero-order valence-electron chi connectivity index (χ0n) is 11.3. The Balaban J connectivity index is 4.51. The second kappa shape index (κ2) is 7.70. The van der Waals surface area contributed by atoms with Crippen molar-refractivity contribution in [2.75, 3.05) is 0 Å². The fraction of sp³-hybridized carbons (Fsp3) is 0.727. The molecule has 0 aliphatic rings. The zero-order valence-corrected chi connectivity index (χ0v) is 11.3. The molecule has 8 nitrogen and oxygen atoms in total. The lowest BCUT2D eigenvalue weighted by Crippen LogP contribution is -2.34. The van der Waals surface area contributed by atoms with E-state index in [4.69, 9.17) is 10.6 Å². The van der Waals surface area contributed by atoms with Gasteiger partial charge in [0.05, 0.1) is 0 Å². The van der Waals surface area contributed by atoms with Crippen molar-refractivity contribution in [1.82, 2.24) is 0 Å². The summed E-state index contributed by atoms with van der Waals surface area (Å²) >= 11 is 0. The van der Waals surface area contributed by atoms with Crippen LogP contribution < -0.4 is 11.8 Å². The fourth-order valence-electron chi connectivity index (χ4n) is 1.30. The monoisotopic (exact) mass is 276 g/mol. The van der Waals surface area contributed by atoms with E-state index in [0.717, 1.165) is 0 Å². The molecule has 0 aromatic heterocycles. The Kier molecular flexibility index (Phi) is 7.02. The van der Waals surface area contributed by atoms with Gasteiger partial charge in [0.15, 0.2) is 5.92 Å². The van der Waals surface area contributed by atoms with Gasteiger partial charge in [0, 0.05) is 6.42 Å². The van der Waals surface area contributed by atoms with Crippen LogP contribution in [0.25, 0.3) is 0 Å². The van der Waals surface area contributed by atoms with E-state index in [1.54, 1.807) is 20.8 Å². The number of nitrogens with two attached hydrogens (primary N) is 2. The van der Waals surface area contributed by atoms with Crippen LogP contribution in [0.15, 0.2) is 0 Å². The summed E-state index contributed by atoms with van der Waals surface area (Å²) in [5.74, 6) is 5.97. The third kappa shape index (κ3) is 7.37. The highest BCUT2D eigenvalue weighted by atomic mass is 16.7. The van der Waals surface area contributed by atoms with E-state index in [1.807, 2.05) is 0 Å². The van der Waals surface area contributed by atoms with Crippen LogP contribution in [0.2, 0.25) is 0 Å². The second-order valence-corrected chi connectivity index (χ2v) is 4.91. The van der Waals surface area contributed by atoms with Gasteiger partial charge >= 0.3 is 17.9 Å². The van der Waals surface area contributed by atoms with Crippen LogP contribution in [0.1, 0.15) is 40.0 Å². The van der Waals surface area contributed by atoms with Crippen molar-refractivity contribution in [3.8, 4) is 0 Å². The van der Waals surface area contributed by atoms with Gasteiger partial charge < -0.3 is 14.4 Å². The highest BCUT2D eigenvalue weighted by molar-refractivity contribution is 5.94. The lowest BCUT2D eigenvalue weighted by atomic mass is 10.0. The van der Waals surface area contributed by atoms with E-state index in [-0.39, 0.29) is 19.3 Å². The fourth-order valence-corrected chi connectivity index (χ4v) is 1.30. The van der Waals surface area contributed by atoms with Crippen molar-refractivity contribution in [2.45, 2.75) is 45.6 Å². The molecule has 19 heavy (non-hydrogen) atoms. The Bertz CT molecular complexity index is 337. The quantitative estimate of drug-likeness (QED) is 0.392. The van der Waals surface area contributed by atoms with Crippen molar-refractivity contribution in [3.63, 3.8) is 0 Å². The standard InChI is InChI=1S/C11H20N2O6/c1-11(2,3)17-9(15)7(10(16)19-13)5-4-6-8(14)18-12/h7H,4-6,12-13H2,1-3H3/t7-/m0/s1. The summed E-state index contributed by atoms with van der Waals surface area (Å²) in [7, 11) is 0. The Hall–Kier alpha value is -1.67. The maximum Gasteiger partial charge on any atom is 0.338 e. The maximum atomic E-state index is 11.8. The third-order valence-electron chi connectivity index (χ3n) is 2.10. The first-order valence-electron chi connectivity index (χ1n) is 5.74. The first kappa shape index (κ1) is 17.3. The van der Waals surface area contributed by atoms with Crippen LogP contribution in [0, 0.1) is 5.92 Å². The minimum Gasteiger partial charge on any atom is -0.459 e. The summed E-state index contributed by atoms with van der Waals surface area (Å²) in [5.41, 5.74) is -0.736. The molecule has 0 aromatic rings. The minimum absolute atomic E-state index is 0.0202. The second-order valence-electron chi connectivity index (χ2n) is 4.91. The van der Waals surface area contributed by atoms with E-state index in [2.05, 4.69) is 15.6 Å². The number of hydrogen-bond acceptors (Lipinski definition) is 8. The highest BCUT2D eigenvalue weighted by Crippen LogP contribution is 2.17. The summed E-state index contributed by atoms with van der Waals surface area (Å²) in [6, 6.07) is 0. The zero-order chi connectivity index (χ0) is 15.1. The van der Waals surface area contributed by atoms with Crippen LogP contribution in [0.4, 0.5) is 0 Å². The number of carbonyl (C=O) groups excluding carboxylic acids is 3. The number of rotatable bonds is 6. The molecule has 8 heteroatoms. The first-order chi connectivity index (χ1) is 8.71. The molecule has 0 spiro atoms. The molecule has 0 fully saturated rings. The van der Waals surface area contributed by atoms with Crippen molar-refractivity contribution in [3.05, 3.63) is 0 Å². The molecular weight excluding hydrogens is 256 g/mol. The van der Waals surface area contributed by atoms with Gasteiger partial charge in [-0.1, -0.05) is 0 Å². The predicted octanol–water partition coefficient (Wildman–Crippen LogP) is -0.0516. The molecule has 0 saturated heterocycles. The largest absolute Gasteiger partial charge is 0.459 e. The van der Waals surface area contributed by atoms with Crippen LogP contribution >= 0.6 is 0 Å². The van der Waals surface area contributed by atoms with Gasteiger partial charge in [-0.25, -0.2) is 4.79 Å². The number of hydrogen-bond donors (Lipinski definition) is 2. The number of ether oxygens (including phenoxy) is 1. The summed E-state index contributed by atoms with van der Waals surface area (Å²) in [6.07, 6.45) is 0.253. The molecule has 4 N–H and O–H groups in total. The SMILES string of the molecule is CC(C)(C)OC(=O)[C@H](CCCC(=O)ON)C(=O)ON. The van der Waals surface area contributed by atoms with E-state index in [0.29, 0.717) is 0 Å². The molecule has 0 radical (unpaired) electrons. The Labute approximate surface area is 111 Å². The number of carbonyl (C=O) groups is 3. The highest BCUT2D eigenvalue weighted by Gasteiger charge is 2.32. The summed E-state index contributed by atoms with van der Waals surface area (Å²) < 4.78 is 5.07. The van der Waals surface area contributed by atoms with Crippen molar-refractivity contribution in [1.29, 1.82) is 0 Å². The molecule has 110 valence electrons. The summed E-state index contributed by atoms with van der Waals surface area (Å²) in [5, 5.41) is 0. The van der Waals surface area contributed by atoms with Gasteiger partial charge in [0.2, 0.25) is 0 Å². The van der Waals surface area contributed by atoms with Gasteiger partial charge in [-0.15, -0.1) is 0 Å². The van der Waals surface area contributed by atoms with E-state index in [9.17, 15) is 14.4 Å². The molecule has 0 unspecified atom stereocenters. The first-order valence-corrected chi connectivity index (χ1v) is 5.74. The molecular formula is C11H20N2O6. The van der Waals surface area contributed by atoms with Crippen LogP contribution in [-0.2, 0) is 28.8 Å². The molecule has 0 saturated carbocycles. The molecule has 0 rings (SSSR count). The van der Waals surface area contributed by atoms with Crippen molar-refractivity contribution in [2.24, 2.45) is 17.7 Å². The topological polar surface area (TPSA) is 131 Å². The smallest absolute Gasteiger partial charge is 0.338 e. The molecule has 0 aliphatic carbocycles. The minimum atomic E-state index is -1.17. The Morgan fingerprint density at radius 2 is 1.63 bits per heavy atom. The van der Waals surface area contributed by atoms with Gasteiger partial charge in [0.25, 0.3) is 0 Å². The molecule has 0 heterocycles. The summed E-state index contributed by atoms with van der Waals surface area (Å²) in [6.45, 7) is 5.00. The molecule has 0 aliphatic heterocycles.